The molecular weight excluding hydrogens is 310 g/mol. The van der Waals surface area contributed by atoms with Crippen molar-refractivity contribution >= 4 is 29.2 Å². The summed E-state index contributed by atoms with van der Waals surface area (Å²) in [5.41, 5.74) is 1.29. The standard InChI is InChI=1S/C17H21N3O4/c21-15(11-19-9-3-7-14(19)17(23)24)18-12-5-1-2-6-13(12)20-10-4-8-16(20)22/h1-2,5-6,14H,3-4,7-11H2,(H,18,21)(H,23,24)/t14-/m0/s1. The van der Waals surface area contributed by atoms with Gasteiger partial charge >= 0.3 is 5.97 Å². The van der Waals surface area contributed by atoms with Crippen LogP contribution >= 0.6 is 0 Å². The SMILES string of the molecule is O=C(CN1CCC[C@H]1C(=O)O)Nc1ccccc1N1CCCC1=O. The largest absolute Gasteiger partial charge is 0.480 e. The summed E-state index contributed by atoms with van der Waals surface area (Å²) in [7, 11) is 0. The highest BCUT2D eigenvalue weighted by Gasteiger charge is 2.32. The molecule has 0 bridgehead atoms. The molecule has 2 fully saturated rings. The third-order valence-corrected chi connectivity index (χ3v) is 4.54. The van der Waals surface area contributed by atoms with Crippen LogP contribution in [0.1, 0.15) is 25.7 Å². The third kappa shape index (κ3) is 3.41. The van der Waals surface area contributed by atoms with Gasteiger partial charge in [0, 0.05) is 13.0 Å². The molecule has 2 aliphatic rings. The number of nitrogens with zero attached hydrogens (tertiary/aromatic N) is 2. The first-order chi connectivity index (χ1) is 11.6. The molecule has 1 atom stereocenters. The lowest BCUT2D eigenvalue weighted by atomic mass is 10.2. The first kappa shape index (κ1) is 16.4. The molecule has 2 aliphatic heterocycles. The van der Waals surface area contributed by atoms with Crippen molar-refractivity contribution in [1.29, 1.82) is 0 Å². The van der Waals surface area contributed by atoms with Crippen molar-refractivity contribution in [1.82, 2.24) is 4.90 Å². The maximum absolute atomic E-state index is 12.3. The molecule has 2 amide bonds. The number of hydrogen-bond donors (Lipinski definition) is 2. The summed E-state index contributed by atoms with van der Waals surface area (Å²) < 4.78 is 0. The molecule has 2 heterocycles. The Morgan fingerprint density at radius 1 is 1.21 bits per heavy atom. The number of carbonyl (C=O) groups excluding carboxylic acids is 2. The first-order valence-electron chi connectivity index (χ1n) is 8.22. The lowest BCUT2D eigenvalue weighted by Gasteiger charge is -2.22. The monoisotopic (exact) mass is 331 g/mol. The van der Waals surface area contributed by atoms with Gasteiger partial charge in [0.1, 0.15) is 6.04 Å². The maximum atomic E-state index is 12.3. The van der Waals surface area contributed by atoms with Crippen LogP contribution < -0.4 is 10.2 Å². The molecule has 0 radical (unpaired) electrons. The summed E-state index contributed by atoms with van der Waals surface area (Å²) >= 11 is 0. The Morgan fingerprint density at radius 3 is 2.71 bits per heavy atom. The minimum absolute atomic E-state index is 0.0409. The second kappa shape index (κ2) is 7.00. The molecule has 7 heteroatoms. The smallest absolute Gasteiger partial charge is 0.320 e. The fraction of sp³-hybridized carbons (Fsp3) is 0.471. The molecule has 0 spiro atoms. The number of para-hydroxylation sites is 2. The van der Waals surface area contributed by atoms with Gasteiger partial charge in [0.25, 0.3) is 0 Å². The highest BCUT2D eigenvalue weighted by atomic mass is 16.4. The lowest BCUT2D eigenvalue weighted by molar-refractivity contribution is -0.142. The van der Waals surface area contributed by atoms with E-state index in [-0.39, 0.29) is 18.4 Å². The number of benzene rings is 1. The van der Waals surface area contributed by atoms with Gasteiger partial charge in [-0.2, -0.15) is 0 Å². The molecule has 0 unspecified atom stereocenters. The van der Waals surface area contributed by atoms with E-state index in [0.717, 1.165) is 12.8 Å². The topological polar surface area (TPSA) is 89.9 Å². The summed E-state index contributed by atoms with van der Waals surface area (Å²) in [6.07, 6.45) is 2.69. The number of likely N-dealkylation sites (tertiary alicyclic amines) is 1. The Hall–Kier alpha value is -2.41. The second-order valence-corrected chi connectivity index (χ2v) is 6.18. The number of anilines is 2. The van der Waals surface area contributed by atoms with Crippen LogP contribution in [0.15, 0.2) is 24.3 Å². The summed E-state index contributed by atoms with van der Waals surface area (Å²) in [5.74, 6) is -1.09. The highest BCUT2D eigenvalue weighted by molar-refractivity contribution is 6.02. The Bertz CT molecular complexity index is 661. The molecule has 2 saturated heterocycles. The predicted molar refractivity (Wildman–Crippen MR) is 88.9 cm³/mol. The van der Waals surface area contributed by atoms with Gasteiger partial charge in [-0.3, -0.25) is 19.3 Å². The molecule has 3 rings (SSSR count). The summed E-state index contributed by atoms with van der Waals surface area (Å²) in [4.78, 5) is 38.9. The highest BCUT2D eigenvalue weighted by Crippen LogP contribution is 2.29. The van der Waals surface area contributed by atoms with E-state index in [0.29, 0.717) is 37.3 Å². The number of nitrogens with one attached hydrogen (secondary N) is 1. The zero-order valence-electron chi connectivity index (χ0n) is 13.4. The van der Waals surface area contributed by atoms with Gasteiger partial charge in [0.15, 0.2) is 0 Å². The van der Waals surface area contributed by atoms with Crippen molar-refractivity contribution in [2.45, 2.75) is 31.7 Å². The van der Waals surface area contributed by atoms with Crippen molar-refractivity contribution in [3.05, 3.63) is 24.3 Å². The second-order valence-electron chi connectivity index (χ2n) is 6.18. The Morgan fingerprint density at radius 2 is 2.00 bits per heavy atom. The van der Waals surface area contributed by atoms with Gasteiger partial charge in [-0.1, -0.05) is 12.1 Å². The van der Waals surface area contributed by atoms with Gasteiger partial charge in [0.05, 0.1) is 17.9 Å². The van der Waals surface area contributed by atoms with E-state index >= 15 is 0 Å². The van der Waals surface area contributed by atoms with Crippen molar-refractivity contribution in [3.63, 3.8) is 0 Å². The van der Waals surface area contributed by atoms with Crippen molar-refractivity contribution < 1.29 is 19.5 Å². The van der Waals surface area contributed by atoms with E-state index in [2.05, 4.69) is 5.32 Å². The van der Waals surface area contributed by atoms with Gasteiger partial charge in [0.2, 0.25) is 11.8 Å². The summed E-state index contributed by atoms with van der Waals surface area (Å²) in [6.45, 7) is 1.30. The normalized spacial score (nSPS) is 21.2. The zero-order valence-corrected chi connectivity index (χ0v) is 13.4. The molecular formula is C17H21N3O4. The molecule has 2 N–H and O–H groups in total. The minimum atomic E-state index is -0.886. The van der Waals surface area contributed by atoms with E-state index in [4.69, 9.17) is 0 Å². The van der Waals surface area contributed by atoms with Crippen LogP contribution in [0, 0.1) is 0 Å². The van der Waals surface area contributed by atoms with E-state index in [9.17, 15) is 19.5 Å². The van der Waals surface area contributed by atoms with Gasteiger partial charge in [-0.05, 0) is 37.9 Å². The van der Waals surface area contributed by atoms with Crippen LogP contribution in [0.25, 0.3) is 0 Å². The van der Waals surface area contributed by atoms with Crippen molar-refractivity contribution in [2.75, 3.05) is 29.9 Å². The number of aliphatic carboxylic acids is 1. The summed E-state index contributed by atoms with van der Waals surface area (Å²) in [6, 6.07) is 6.62. The van der Waals surface area contributed by atoms with Crippen LogP contribution in [-0.4, -0.2) is 53.5 Å². The van der Waals surface area contributed by atoms with E-state index in [1.165, 1.54) is 0 Å². The number of amides is 2. The average molecular weight is 331 g/mol. The van der Waals surface area contributed by atoms with E-state index in [1.807, 2.05) is 12.1 Å². The number of rotatable bonds is 5. The number of carboxylic acids is 1. The molecule has 1 aromatic rings. The Kier molecular flexibility index (Phi) is 4.80. The van der Waals surface area contributed by atoms with Gasteiger partial charge in [-0.15, -0.1) is 0 Å². The van der Waals surface area contributed by atoms with Crippen molar-refractivity contribution in [2.24, 2.45) is 0 Å². The van der Waals surface area contributed by atoms with E-state index in [1.54, 1.807) is 21.9 Å². The minimum Gasteiger partial charge on any atom is -0.480 e. The van der Waals surface area contributed by atoms with E-state index < -0.39 is 12.0 Å². The molecule has 24 heavy (non-hydrogen) atoms. The molecule has 1 aromatic carbocycles. The Balaban J connectivity index is 1.69. The lowest BCUT2D eigenvalue weighted by Crippen LogP contribution is -2.41. The zero-order chi connectivity index (χ0) is 17.1. The molecule has 128 valence electrons. The maximum Gasteiger partial charge on any atom is 0.320 e. The van der Waals surface area contributed by atoms with Gasteiger partial charge < -0.3 is 15.3 Å². The molecule has 0 saturated carbocycles. The Labute approximate surface area is 140 Å². The van der Waals surface area contributed by atoms with Crippen LogP contribution in [0.2, 0.25) is 0 Å². The van der Waals surface area contributed by atoms with Crippen LogP contribution in [0.3, 0.4) is 0 Å². The third-order valence-electron chi connectivity index (χ3n) is 4.54. The fourth-order valence-corrected chi connectivity index (χ4v) is 3.39. The fourth-order valence-electron chi connectivity index (χ4n) is 3.39. The van der Waals surface area contributed by atoms with Crippen LogP contribution in [0.5, 0.6) is 0 Å². The molecule has 0 aromatic heterocycles. The number of carboxylic acid groups (broad SMARTS) is 1. The average Bonchev–Trinajstić information content (AvgIpc) is 3.17. The van der Waals surface area contributed by atoms with Crippen LogP contribution in [-0.2, 0) is 14.4 Å². The number of carbonyl (C=O) groups is 3. The van der Waals surface area contributed by atoms with Gasteiger partial charge in [-0.25, -0.2) is 0 Å². The predicted octanol–water partition coefficient (Wildman–Crippen LogP) is 1.30. The quantitative estimate of drug-likeness (QED) is 0.849. The van der Waals surface area contributed by atoms with Crippen molar-refractivity contribution in [3.8, 4) is 0 Å². The van der Waals surface area contributed by atoms with Crippen LogP contribution in [0.4, 0.5) is 11.4 Å². The molecule has 0 aliphatic carbocycles. The first-order valence-corrected chi connectivity index (χ1v) is 8.22. The molecule has 7 nitrogen and oxygen atoms in total. The summed E-state index contributed by atoms with van der Waals surface area (Å²) in [5, 5.41) is 12.0. The number of hydrogen-bond acceptors (Lipinski definition) is 4.